The molecular formula is C9H21ClHfO3. The Labute approximate surface area is 103 Å². The zero-order valence-electron chi connectivity index (χ0n) is 9.83. The van der Waals surface area contributed by atoms with Crippen LogP contribution in [-0.2, 0) is 31.3 Å². The molecule has 0 unspecified atom stereocenters. The minimum absolute atomic E-state index is 0. The van der Waals surface area contributed by atoms with Crippen LogP contribution in [0.4, 0.5) is 0 Å². The van der Waals surface area contributed by atoms with E-state index in [-0.39, 0.29) is 30.7 Å². The molecule has 0 saturated heterocycles. The monoisotopic (exact) mass is 392 g/mol. The predicted octanol–water partition coefficient (Wildman–Crippen LogP) is -0.371. The summed E-state index contributed by atoms with van der Waals surface area (Å²) < 4.78 is 16.9. The van der Waals surface area contributed by atoms with Gasteiger partial charge in [-0.2, -0.15) is 0 Å². The van der Waals surface area contributed by atoms with Gasteiger partial charge in [0.1, 0.15) is 0 Å². The molecule has 0 aromatic rings. The molecule has 0 bridgehead atoms. The van der Waals surface area contributed by atoms with Gasteiger partial charge in [-0.3, -0.25) is 0 Å². The standard InChI is InChI=1S/3C3H7O.ClH.Hf/c3*1-3(2)4;;/h3*3H,1-2H3;1H;/q3*-1;;+4/p-1. The first kappa shape index (κ1) is 17.4. The van der Waals surface area contributed by atoms with Gasteiger partial charge in [-0.1, -0.05) is 0 Å². The van der Waals surface area contributed by atoms with Crippen LogP contribution in [0.15, 0.2) is 0 Å². The molecule has 3 nitrogen and oxygen atoms in total. The summed E-state index contributed by atoms with van der Waals surface area (Å²) in [6.45, 7) is 12.1. The molecule has 0 amide bonds. The maximum absolute atomic E-state index is 5.64. The van der Waals surface area contributed by atoms with Crippen LogP contribution in [0.1, 0.15) is 41.5 Å². The van der Waals surface area contributed by atoms with Crippen molar-refractivity contribution in [2.24, 2.45) is 0 Å². The first-order valence-electron chi connectivity index (χ1n) is 4.78. The zero-order valence-corrected chi connectivity index (χ0v) is 14.2. The normalized spacial score (nSPS) is 10.9. The van der Waals surface area contributed by atoms with E-state index in [0.29, 0.717) is 0 Å². The number of hydrogen-bond acceptors (Lipinski definition) is 3. The van der Waals surface area contributed by atoms with Crippen molar-refractivity contribution in [1.82, 2.24) is 0 Å². The van der Waals surface area contributed by atoms with Crippen molar-refractivity contribution >= 4 is 0 Å². The molecule has 0 aliphatic rings. The van der Waals surface area contributed by atoms with Crippen molar-refractivity contribution in [3.05, 3.63) is 0 Å². The first-order valence-corrected chi connectivity index (χ1v) is 9.18. The third-order valence-corrected chi connectivity index (χ3v) is 8.15. The largest absolute Gasteiger partial charge is 1.00 e. The molecule has 0 spiro atoms. The summed E-state index contributed by atoms with van der Waals surface area (Å²) in [6, 6.07) is 0. The van der Waals surface area contributed by atoms with E-state index in [9.17, 15) is 0 Å². The van der Waals surface area contributed by atoms with Crippen molar-refractivity contribution in [2.45, 2.75) is 59.9 Å². The maximum atomic E-state index is 5.64. The van der Waals surface area contributed by atoms with E-state index < -0.39 is 22.7 Å². The first-order chi connectivity index (χ1) is 5.91. The van der Waals surface area contributed by atoms with Crippen LogP contribution in [0, 0.1) is 0 Å². The molecule has 0 radical (unpaired) electrons. The molecule has 0 N–H and O–H groups in total. The van der Waals surface area contributed by atoms with E-state index >= 15 is 0 Å². The van der Waals surface area contributed by atoms with Crippen molar-refractivity contribution < 1.29 is 43.7 Å². The van der Waals surface area contributed by atoms with Gasteiger partial charge in [0.2, 0.25) is 0 Å². The van der Waals surface area contributed by atoms with Crippen LogP contribution in [0.2, 0.25) is 0 Å². The average molecular weight is 391 g/mol. The van der Waals surface area contributed by atoms with Crippen LogP contribution < -0.4 is 12.4 Å². The third kappa shape index (κ3) is 11.1. The van der Waals surface area contributed by atoms with E-state index in [4.69, 9.17) is 8.56 Å². The molecule has 0 rings (SSSR count). The van der Waals surface area contributed by atoms with Gasteiger partial charge in [0.25, 0.3) is 0 Å². The van der Waals surface area contributed by atoms with Gasteiger partial charge >= 0.3 is 91.2 Å². The quantitative estimate of drug-likeness (QED) is 0.579. The Kier molecular flexibility index (Phi) is 11.6. The van der Waals surface area contributed by atoms with E-state index in [0.717, 1.165) is 0 Å². The molecule has 5 heteroatoms. The third-order valence-electron chi connectivity index (χ3n) is 0.996. The Morgan fingerprint density at radius 2 is 0.857 bits per heavy atom. The second-order valence-electron chi connectivity index (χ2n) is 3.75. The summed E-state index contributed by atoms with van der Waals surface area (Å²) in [5.74, 6) is 0. The Bertz CT molecular complexity index is 107. The predicted molar refractivity (Wildman–Crippen MR) is 48.7 cm³/mol. The minimum atomic E-state index is -2.64. The zero-order chi connectivity index (χ0) is 10.4. The van der Waals surface area contributed by atoms with Gasteiger partial charge in [-0.05, 0) is 0 Å². The van der Waals surface area contributed by atoms with Crippen LogP contribution >= 0.6 is 0 Å². The Hall–Kier alpha value is 1.04. The summed E-state index contributed by atoms with van der Waals surface area (Å²) in [5, 5.41) is 0. The van der Waals surface area contributed by atoms with Crippen LogP contribution in [0.5, 0.6) is 0 Å². The molecule has 0 saturated carbocycles. The molecular weight excluding hydrogens is 370 g/mol. The summed E-state index contributed by atoms with van der Waals surface area (Å²) >= 11 is -2.64. The topological polar surface area (TPSA) is 27.7 Å². The van der Waals surface area contributed by atoms with Gasteiger partial charge in [-0.25, -0.2) is 0 Å². The number of hydrogen-bond donors (Lipinski definition) is 0. The smallest absolute Gasteiger partial charge is 1.00 e. The summed E-state index contributed by atoms with van der Waals surface area (Å²) in [4.78, 5) is 0. The SMILES string of the molecule is CC(C)[O][Hf+]([O]C(C)C)[O]C(C)C.[Cl-]. The molecule has 0 aliphatic heterocycles. The Balaban J connectivity index is 0. The van der Waals surface area contributed by atoms with Crippen molar-refractivity contribution in [3.63, 3.8) is 0 Å². The molecule has 0 atom stereocenters. The fourth-order valence-electron chi connectivity index (χ4n) is 0.661. The molecule has 86 valence electrons. The number of halogens is 1. The fraction of sp³-hybridized carbons (Fsp3) is 1.00. The van der Waals surface area contributed by atoms with Gasteiger partial charge < -0.3 is 12.4 Å². The second-order valence-corrected chi connectivity index (χ2v) is 8.09. The van der Waals surface area contributed by atoms with Gasteiger partial charge in [0, 0.05) is 0 Å². The van der Waals surface area contributed by atoms with Gasteiger partial charge in [-0.15, -0.1) is 0 Å². The Morgan fingerprint density at radius 3 is 1.00 bits per heavy atom. The van der Waals surface area contributed by atoms with Gasteiger partial charge in [0.15, 0.2) is 0 Å². The van der Waals surface area contributed by atoms with Crippen LogP contribution in [0.3, 0.4) is 0 Å². The van der Waals surface area contributed by atoms with Crippen molar-refractivity contribution in [2.75, 3.05) is 0 Å². The van der Waals surface area contributed by atoms with Crippen molar-refractivity contribution in [3.8, 4) is 0 Å². The molecule has 0 aliphatic carbocycles. The minimum Gasteiger partial charge on any atom is -1.00 e. The van der Waals surface area contributed by atoms with Crippen molar-refractivity contribution in [1.29, 1.82) is 0 Å². The summed E-state index contributed by atoms with van der Waals surface area (Å²) in [6.07, 6.45) is 0.624. The van der Waals surface area contributed by atoms with E-state index in [2.05, 4.69) is 0 Å². The molecule has 0 aromatic carbocycles. The van der Waals surface area contributed by atoms with Gasteiger partial charge in [0.05, 0.1) is 0 Å². The molecule has 0 fully saturated rings. The maximum Gasteiger partial charge on any atom is -1.00 e. The Morgan fingerprint density at radius 1 is 0.643 bits per heavy atom. The van der Waals surface area contributed by atoms with E-state index in [1.165, 1.54) is 0 Å². The second kappa shape index (κ2) is 9.28. The summed E-state index contributed by atoms with van der Waals surface area (Å²) in [7, 11) is 0. The molecule has 0 heterocycles. The average Bonchev–Trinajstić information content (AvgIpc) is 1.80. The fourth-order valence-corrected chi connectivity index (χ4v) is 5.41. The summed E-state index contributed by atoms with van der Waals surface area (Å²) in [5.41, 5.74) is 0. The van der Waals surface area contributed by atoms with Crippen LogP contribution in [-0.4, -0.2) is 18.3 Å². The number of rotatable bonds is 6. The van der Waals surface area contributed by atoms with E-state index in [1.54, 1.807) is 0 Å². The van der Waals surface area contributed by atoms with E-state index in [1.807, 2.05) is 41.5 Å². The molecule has 14 heavy (non-hydrogen) atoms. The van der Waals surface area contributed by atoms with Crippen LogP contribution in [0.25, 0.3) is 0 Å². The molecule has 0 aromatic heterocycles.